The molecular weight excluding hydrogens is 453 g/mol. The summed E-state index contributed by atoms with van der Waals surface area (Å²) in [6, 6.07) is 16.6. The number of fused-ring (bicyclic) bond motifs is 1. The summed E-state index contributed by atoms with van der Waals surface area (Å²) >= 11 is 0. The number of nitrogens with one attached hydrogen (secondary N) is 2. The molecule has 0 radical (unpaired) electrons. The van der Waals surface area contributed by atoms with E-state index in [1.807, 2.05) is 12.1 Å². The minimum Gasteiger partial charge on any atom is -0.488 e. The molecule has 1 heterocycles. The second-order valence-corrected chi connectivity index (χ2v) is 6.38. The van der Waals surface area contributed by atoms with E-state index >= 15 is 0 Å². The molecule has 5 nitrogen and oxygen atoms in total. The third-order valence-corrected chi connectivity index (χ3v) is 4.31. The number of hydrogen-bond acceptors (Lipinski definition) is 3. The molecule has 0 saturated heterocycles. The summed E-state index contributed by atoms with van der Waals surface area (Å²) in [5, 5.41) is 6.69. The quantitative estimate of drug-likeness (QED) is 0.361. The van der Waals surface area contributed by atoms with Gasteiger partial charge in [-0.3, -0.25) is 0 Å². The number of halogens is 1. The Kier molecular flexibility index (Phi) is 8.87. The molecule has 146 valence electrons. The van der Waals surface area contributed by atoms with Crippen LogP contribution >= 0.6 is 24.0 Å². The number of hydrogen-bond donors (Lipinski definition) is 2. The van der Waals surface area contributed by atoms with Crippen molar-refractivity contribution in [1.82, 2.24) is 10.6 Å². The molecule has 6 heteroatoms. The van der Waals surface area contributed by atoms with Crippen LogP contribution < -0.4 is 15.4 Å². The second-order valence-electron chi connectivity index (χ2n) is 6.38. The highest BCUT2D eigenvalue weighted by Gasteiger charge is 2.22. The van der Waals surface area contributed by atoms with Gasteiger partial charge in [0, 0.05) is 20.1 Å². The van der Waals surface area contributed by atoms with Crippen LogP contribution in [0.5, 0.6) is 5.75 Å². The molecule has 0 amide bonds. The van der Waals surface area contributed by atoms with E-state index in [4.69, 9.17) is 9.47 Å². The molecule has 0 bridgehead atoms. The first-order chi connectivity index (χ1) is 12.8. The van der Waals surface area contributed by atoms with Crippen molar-refractivity contribution in [2.45, 2.75) is 32.6 Å². The topological polar surface area (TPSA) is 54.9 Å². The first-order valence-electron chi connectivity index (χ1n) is 9.12. The Hall–Kier alpha value is -1.80. The maximum atomic E-state index is 5.98. The van der Waals surface area contributed by atoms with E-state index in [9.17, 15) is 0 Å². The highest BCUT2D eigenvalue weighted by molar-refractivity contribution is 14.0. The van der Waals surface area contributed by atoms with Gasteiger partial charge in [-0.25, -0.2) is 4.99 Å². The van der Waals surface area contributed by atoms with Gasteiger partial charge in [-0.15, -0.1) is 24.0 Å². The number of methoxy groups -OCH3 is 1. The van der Waals surface area contributed by atoms with Crippen LogP contribution in [0.2, 0.25) is 0 Å². The fourth-order valence-corrected chi connectivity index (χ4v) is 3.00. The Labute approximate surface area is 178 Å². The molecule has 0 fully saturated rings. The molecule has 2 aromatic rings. The maximum Gasteiger partial charge on any atom is 0.191 e. The van der Waals surface area contributed by atoms with Gasteiger partial charge in [0.15, 0.2) is 5.96 Å². The van der Waals surface area contributed by atoms with Crippen LogP contribution in [0.1, 0.15) is 23.6 Å². The van der Waals surface area contributed by atoms with Gasteiger partial charge in [-0.2, -0.15) is 0 Å². The lowest BCUT2D eigenvalue weighted by Crippen LogP contribution is -2.42. The van der Waals surface area contributed by atoms with Crippen molar-refractivity contribution in [3.8, 4) is 5.75 Å². The molecule has 2 aromatic carbocycles. The van der Waals surface area contributed by atoms with Gasteiger partial charge in [-0.05, 0) is 29.7 Å². The van der Waals surface area contributed by atoms with Crippen LogP contribution in [-0.2, 0) is 24.3 Å². The molecule has 0 aliphatic carbocycles. The fraction of sp³-hybridized carbons (Fsp3) is 0.381. The van der Waals surface area contributed by atoms with Crippen molar-refractivity contribution in [2.75, 3.05) is 20.2 Å². The van der Waals surface area contributed by atoms with E-state index in [1.165, 1.54) is 16.7 Å². The Morgan fingerprint density at radius 1 is 1.11 bits per heavy atom. The van der Waals surface area contributed by atoms with Gasteiger partial charge < -0.3 is 20.1 Å². The highest BCUT2D eigenvalue weighted by atomic mass is 127. The zero-order valence-corrected chi connectivity index (χ0v) is 18.2. The summed E-state index contributed by atoms with van der Waals surface area (Å²) in [7, 11) is 1.71. The number of aliphatic imine (C=N–C) groups is 1. The van der Waals surface area contributed by atoms with Gasteiger partial charge in [0.2, 0.25) is 0 Å². The number of rotatable bonds is 7. The summed E-state index contributed by atoms with van der Waals surface area (Å²) in [6.07, 6.45) is 1.08. The van der Waals surface area contributed by atoms with Crippen LogP contribution in [0.3, 0.4) is 0 Å². The van der Waals surface area contributed by atoms with E-state index in [2.05, 4.69) is 58.9 Å². The molecular formula is C21H28IN3O2. The zero-order chi connectivity index (χ0) is 18.2. The average molecular weight is 481 g/mol. The maximum absolute atomic E-state index is 5.98. The molecule has 0 saturated carbocycles. The molecule has 27 heavy (non-hydrogen) atoms. The monoisotopic (exact) mass is 481 g/mol. The van der Waals surface area contributed by atoms with Crippen LogP contribution in [-0.4, -0.2) is 32.3 Å². The third kappa shape index (κ3) is 6.39. The molecule has 2 N–H and O–H groups in total. The Morgan fingerprint density at radius 3 is 2.56 bits per heavy atom. The van der Waals surface area contributed by atoms with Gasteiger partial charge in [0.25, 0.3) is 0 Å². The van der Waals surface area contributed by atoms with E-state index in [-0.39, 0.29) is 30.1 Å². The minimum atomic E-state index is 0. The molecule has 1 aliphatic rings. The Balaban J connectivity index is 0.00000261. The molecule has 1 aliphatic heterocycles. The van der Waals surface area contributed by atoms with E-state index in [0.717, 1.165) is 31.2 Å². The molecule has 0 aromatic heterocycles. The van der Waals surface area contributed by atoms with Gasteiger partial charge >= 0.3 is 0 Å². The smallest absolute Gasteiger partial charge is 0.191 e. The third-order valence-electron chi connectivity index (χ3n) is 4.31. The van der Waals surface area contributed by atoms with Crippen molar-refractivity contribution in [3.05, 3.63) is 65.2 Å². The lowest BCUT2D eigenvalue weighted by molar-refractivity contribution is 0.185. The van der Waals surface area contributed by atoms with Crippen LogP contribution in [0.15, 0.2) is 53.5 Å². The van der Waals surface area contributed by atoms with Gasteiger partial charge in [0.1, 0.15) is 11.9 Å². The van der Waals surface area contributed by atoms with E-state index < -0.39 is 0 Å². The number of para-hydroxylation sites is 1. The molecule has 3 rings (SSSR count). The summed E-state index contributed by atoms with van der Waals surface area (Å²) in [4.78, 5) is 4.68. The summed E-state index contributed by atoms with van der Waals surface area (Å²) in [5.41, 5.74) is 3.62. The first kappa shape index (κ1) is 21.5. The number of benzene rings is 2. The summed E-state index contributed by atoms with van der Waals surface area (Å²) in [6.45, 7) is 4.89. The molecule has 1 atom stereocenters. The summed E-state index contributed by atoms with van der Waals surface area (Å²) in [5.74, 6) is 1.81. The Morgan fingerprint density at radius 2 is 1.85 bits per heavy atom. The average Bonchev–Trinajstić information content (AvgIpc) is 3.08. The van der Waals surface area contributed by atoms with Crippen LogP contribution in [0.25, 0.3) is 0 Å². The number of nitrogens with zero attached hydrogens (tertiary/aromatic N) is 1. The van der Waals surface area contributed by atoms with Gasteiger partial charge in [-0.1, -0.05) is 42.5 Å². The molecule has 0 spiro atoms. The van der Waals surface area contributed by atoms with Crippen LogP contribution in [0.4, 0.5) is 0 Å². The van der Waals surface area contributed by atoms with Crippen molar-refractivity contribution >= 4 is 29.9 Å². The van der Waals surface area contributed by atoms with Crippen molar-refractivity contribution < 1.29 is 9.47 Å². The highest BCUT2D eigenvalue weighted by Crippen LogP contribution is 2.27. The normalized spacial score (nSPS) is 15.5. The molecule has 1 unspecified atom stereocenters. The van der Waals surface area contributed by atoms with Crippen molar-refractivity contribution in [1.29, 1.82) is 0 Å². The standard InChI is InChI=1S/C21H27N3O2.HI/c1-3-22-21(23-13-16-8-10-17(11-9-16)15-25-2)24-14-19-12-18-6-4-5-7-20(18)26-19;/h4-11,19H,3,12-15H2,1-2H3,(H2,22,23,24);1H. The lowest BCUT2D eigenvalue weighted by Gasteiger charge is -2.15. The minimum absolute atomic E-state index is 0. The fourth-order valence-electron chi connectivity index (χ4n) is 3.00. The van der Waals surface area contributed by atoms with Gasteiger partial charge in [0.05, 0.1) is 19.7 Å². The van der Waals surface area contributed by atoms with E-state index in [0.29, 0.717) is 13.2 Å². The SMILES string of the molecule is CCNC(=NCc1ccc(COC)cc1)NCC1Cc2ccccc2O1.I. The van der Waals surface area contributed by atoms with Crippen LogP contribution in [0, 0.1) is 0 Å². The predicted molar refractivity (Wildman–Crippen MR) is 120 cm³/mol. The largest absolute Gasteiger partial charge is 0.488 e. The number of ether oxygens (including phenoxy) is 2. The predicted octanol–water partition coefficient (Wildman–Crippen LogP) is 3.51. The van der Waals surface area contributed by atoms with Crippen molar-refractivity contribution in [2.24, 2.45) is 4.99 Å². The van der Waals surface area contributed by atoms with Crippen molar-refractivity contribution in [3.63, 3.8) is 0 Å². The summed E-state index contributed by atoms with van der Waals surface area (Å²) < 4.78 is 11.1. The zero-order valence-electron chi connectivity index (χ0n) is 15.9. The number of guanidine groups is 1. The second kappa shape index (κ2) is 11.1. The lowest BCUT2D eigenvalue weighted by atomic mass is 10.1. The Bertz CT molecular complexity index is 709. The van der Waals surface area contributed by atoms with E-state index in [1.54, 1.807) is 7.11 Å². The first-order valence-corrected chi connectivity index (χ1v) is 9.12.